The molecule has 0 bridgehead atoms. The lowest BCUT2D eigenvalue weighted by molar-refractivity contribution is 0.435. The van der Waals surface area contributed by atoms with Crippen LogP contribution < -0.4 is 5.32 Å². The van der Waals surface area contributed by atoms with Crippen molar-refractivity contribution >= 4 is 20.8 Å². The van der Waals surface area contributed by atoms with Gasteiger partial charge in [-0.3, -0.25) is 0 Å². The molecule has 1 unspecified atom stereocenters. The Labute approximate surface area is 126 Å². The van der Waals surface area contributed by atoms with Gasteiger partial charge in [0.25, 0.3) is 0 Å². The molecular formula is C16H23NO3S. The maximum atomic E-state index is 12.2. The quantitative estimate of drug-likeness (QED) is 0.922. The van der Waals surface area contributed by atoms with E-state index in [1.807, 2.05) is 31.2 Å². The largest absolute Gasteiger partial charge is 0.461 e. The number of rotatable bonds is 5. The molecule has 1 heterocycles. The minimum Gasteiger partial charge on any atom is -0.461 e. The number of nitrogens with one attached hydrogen (secondary N) is 1. The number of para-hydroxylation sites is 1. The molecule has 0 aliphatic carbocycles. The van der Waals surface area contributed by atoms with Crippen LogP contribution in [0.1, 0.15) is 38.1 Å². The van der Waals surface area contributed by atoms with E-state index in [0.29, 0.717) is 0 Å². The molecule has 0 amide bonds. The average molecular weight is 309 g/mol. The normalized spacial score (nSPS) is 14.5. The van der Waals surface area contributed by atoms with Gasteiger partial charge in [0.15, 0.2) is 9.84 Å². The number of fused-ring (bicyclic) bond motifs is 1. The van der Waals surface area contributed by atoms with Gasteiger partial charge in [-0.1, -0.05) is 25.1 Å². The Hall–Kier alpha value is -1.33. The van der Waals surface area contributed by atoms with Crippen molar-refractivity contribution in [1.29, 1.82) is 0 Å². The van der Waals surface area contributed by atoms with Crippen molar-refractivity contribution in [2.45, 2.75) is 38.0 Å². The SMILES string of the molecule is CCc1oc2ccccc2c1C(NC)C(C)(C)S(C)(=O)=O. The summed E-state index contributed by atoms with van der Waals surface area (Å²) in [4.78, 5) is 0. The molecular weight excluding hydrogens is 286 g/mol. The molecule has 0 radical (unpaired) electrons. The highest BCUT2D eigenvalue weighted by Crippen LogP contribution is 2.39. The third-order valence-corrected chi connectivity index (χ3v) is 6.41. The third kappa shape index (κ3) is 2.60. The summed E-state index contributed by atoms with van der Waals surface area (Å²) in [6, 6.07) is 7.44. The number of furan rings is 1. The van der Waals surface area contributed by atoms with E-state index in [2.05, 4.69) is 5.32 Å². The van der Waals surface area contributed by atoms with Crippen molar-refractivity contribution in [2.24, 2.45) is 0 Å². The van der Waals surface area contributed by atoms with E-state index in [1.165, 1.54) is 6.26 Å². The van der Waals surface area contributed by atoms with Crippen molar-refractivity contribution < 1.29 is 12.8 Å². The summed E-state index contributed by atoms with van der Waals surface area (Å²) < 4.78 is 29.4. The molecule has 1 aromatic carbocycles. The zero-order valence-corrected chi connectivity index (χ0v) is 14.0. The number of aryl methyl sites for hydroxylation is 1. The first-order chi connectivity index (χ1) is 9.74. The zero-order valence-electron chi connectivity index (χ0n) is 13.2. The Morgan fingerprint density at radius 1 is 1.29 bits per heavy atom. The van der Waals surface area contributed by atoms with Gasteiger partial charge in [-0.05, 0) is 27.0 Å². The number of sulfone groups is 1. The van der Waals surface area contributed by atoms with Gasteiger partial charge in [0, 0.05) is 23.6 Å². The fourth-order valence-corrected chi connectivity index (χ4v) is 3.41. The molecule has 1 aromatic heterocycles. The lowest BCUT2D eigenvalue weighted by Gasteiger charge is -2.32. The molecule has 5 heteroatoms. The van der Waals surface area contributed by atoms with E-state index >= 15 is 0 Å². The molecule has 1 atom stereocenters. The summed E-state index contributed by atoms with van der Waals surface area (Å²) in [7, 11) is -1.45. The summed E-state index contributed by atoms with van der Waals surface area (Å²) >= 11 is 0. The Balaban J connectivity index is 2.73. The molecule has 4 nitrogen and oxygen atoms in total. The molecule has 0 saturated heterocycles. The Morgan fingerprint density at radius 3 is 2.43 bits per heavy atom. The van der Waals surface area contributed by atoms with E-state index in [9.17, 15) is 8.42 Å². The van der Waals surface area contributed by atoms with Crippen LogP contribution in [-0.4, -0.2) is 26.5 Å². The molecule has 2 aromatic rings. The standard InChI is InChI=1S/C16H23NO3S/c1-6-12-14(11-9-7-8-10-13(11)20-12)15(17-4)16(2,3)21(5,18)19/h7-10,15,17H,6H2,1-5H3. The maximum Gasteiger partial charge on any atom is 0.154 e. The first kappa shape index (κ1) is 16.0. The lowest BCUT2D eigenvalue weighted by Crippen LogP contribution is -2.44. The van der Waals surface area contributed by atoms with Crippen LogP contribution in [-0.2, 0) is 16.3 Å². The second-order valence-electron chi connectivity index (χ2n) is 5.89. The van der Waals surface area contributed by atoms with Crippen molar-refractivity contribution in [2.75, 3.05) is 13.3 Å². The van der Waals surface area contributed by atoms with Gasteiger partial charge in [0.05, 0.1) is 10.8 Å². The molecule has 21 heavy (non-hydrogen) atoms. The van der Waals surface area contributed by atoms with Gasteiger partial charge in [-0.15, -0.1) is 0 Å². The topological polar surface area (TPSA) is 59.3 Å². The van der Waals surface area contributed by atoms with E-state index in [1.54, 1.807) is 20.9 Å². The second kappa shape index (κ2) is 5.46. The summed E-state index contributed by atoms with van der Waals surface area (Å²) in [5, 5.41) is 4.16. The first-order valence-electron chi connectivity index (χ1n) is 7.11. The lowest BCUT2D eigenvalue weighted by atomic mass is 9.92. The van der Waals surface area contributed by atoms with E-state index in [-0.39, 0.29) is 6.04 Å². The van der Waals surface area contributed by atoms with Crippen LogP contribution in [0.2, 0.25) is 0 Å². The van der Waals surface area contributed by atoms with Crippen molar-refractivity contribution in [3.05, 3.63) is 35.6 Å². The summed E-state index contributed by atoms with van der Waals surface area (Å²) in [5.74, 6) is 0.840. The molecule has 116 valence electrons. The van der Waals surface area contributed by atoms with Crippen molar-refractivity contribution in [3.8, 4) is 0 Å². The molecule has 1 N–H and O–H groups in total. The minimum absolute atomic E-state index is 0.328. The van der Waals surface area contributed by atoms with Crippen LogP contribution in [0.3, 0.4) is 0 Å². The fourth-order valence-electron chi connectivity index (χ4n) is 2.75. The summed E-state index contributed by atoms with van der Waals surface area (Å²) in [6.07, 6.45) is 2.01. The molecule has 0 aliphatic heterocycles. The molecule has 0 saturated carbocycles. The predicted molar refractivity (Wildman–Crippen MR) is 86.3 cm³/mol. The number of hydrogen-bond donors (Lipinski definition) is 1. The van der Waals surface area contributed by atoms with Crippen LogP contribution >= 0.6 is 0 Å². The third-order valence-electron chi connectivity index (χ3n) is 4.26. The van der Waals surface area contributed by atoms with Gasteiger partial charge < -0.3 is 9.73 Å². The van der Waals surface area contributed by atoms with Gasteiger partial charge in [0.1, 0.15) is 11.3 Å². The number of benzene rings is 1. The Bertz CT molecular complexity index is 744. The monoisotopic (exact) mass is 309 g/mol. The van der Waals surface area contributed by atoms with E-state index in [4.69, 9.17) is 4.42 Å². The first-order valence-corrected chi connectivity index (χ1v) is 9.00. The van der Waals surface area contributed by atoms with Crippen LogP contribution in [0.25, 0.3) is 11.0 Å². The summed E-state index contributed by atoms with van der Waals surface area (Å²) in [6.45, 7) is 5.52. The van der Waals surface area contributed by atoms with Gasteiger partial charge in [-0.25, -0.2) is 8.42 Å². The maximum absolute atomic E-state index is 12.2. The Morgan fingerprint density at radius 2 is 1.90 bits per heavy atom. The van der Waals surface area contributed by atoms with Gasteiger partial charge in [-0.2, -0.15) is 0 Å². The Kier molecular flexibility index (Phi) is 4.17. The van der Waals surface area contributed by atoms with Crippen molar-refractivity contribution in [3.63, 3.8) is 0 Å². The van der Waals surface area contributed by atoms with E-state index in [0.717, 1.165) is 28.7 Å². The highest BCUT2D eigenvalue weighted by atomic mass is 32.2. The molecule has 0 fully saturated rings. The van der Waals surface area contributed by atoms with Gasteiger partial charge >= 0.3 is 0 Å². The van der Waals surface area contributed by atoms with Crippen molar-refractivity contribution in [1.82, 2.24) is 5.32 Å². The smallest absolute Gasteiger partial charge is 0.154 e. The highest BCUT2D eigenvalue weighted by molar-refractivity contribution is 7.92. The van der Waals surface area contributed by atoms with Crippen LogP contribution in [0.5, 0.6) is 0 Å². The molecule has 0 spiro atoms. The summed E-state index contributed by atoms with van der Waals surface area (Å²) in [5.41, 5.74) is 1.75. The van der Waals surface area contributed by atoms with Crippen LogP contribution in [0.15, 0.2) is 28.7 Å². The zero-order chi connectivity index (χ0) is 15.8. The van der Waals surface area contributed by atoms with Crippen LogP contribution in [0.4, 0.5) is 0 Å². The average Bonchev–Trinajstić information content (AvgIpc) is 2.77. The van der Waals surface area contributed by atoms with E-state index < -0.39 is 14.6 Å². The highest BCUT2D eigenvalue weighted by Gasteiger charge is 2.41. The molecule has 2 rings (SSSR count). The minimum atomic E-state index is -3.24. The second-order valence-corrected chi connectivity index (χ2v) is 8.48. The fraction of sp³-hybridized carbons (Fsp3) is 0.500. The van der Waals surface area contributed by atoms with Gasteiger partial charge in [0.2, 0.25) is 0 Å². The van der Waals surface area contributed by atoms with Crippen LogP contribution in [0, 0.1) is 0 Å². The predicted octanol–water partition coefficient (Wildman–Crippen LogP) is 3.08. The number of hydrogen-bond acceptors (Lipinski definition) is 4. The molecule has 0 aliphatic rings.